The fourth-order valence-electron chi connectivity index (χ4n) is 3.56. The van der Waals surface area contributed by atoms with E-state index in [0.29, 0.717) is 10.2 Å². The summed E-state index contributed by atoms with van der Waals surface area (Å²) in [5, 5.41) is 2.64. The van der Waals surface area contributed by atoms with E-state index in [0.717, 1.165) is 38.1 Å². The van der Waals surface area contributed by atoms with Gasteiger partial charge in [-0.15, -0.1) is 0 Å². The molecule has 136 valence electrons. The van der Waals surface area contributed by atoms with Crippen molar-refractivity contribution in [1.29, 1.82) is 0 Å². The molecule has 1 N–H and O–H groups in total. The van der Waals surface area contributed by atoms with Crippen LogP contribution in [0.1, 0.15) is 37.8 Å². The van der Waals surface area contributed by atoms with Gasteiger partial charge in [0.05, 0.1) is 18.0 Å². The van der Waals surface area contributed by atoms with Crippen LogP contribution in [-0.2, 0) is 17.6 Å². The zero-order valence-corrected chi connectivity index (χ0v) is 16.8. The Kier molecular flexibility index (Phi) is 5.89. The Morgan fingerprint density at radius 3 is 2.88 bits per heavy atom. The molecule has 1 atom stereocenters. The predicted molar refractivity (Wildman–Crippen MR) is 109 cm³/mol. The average Bonchev–Trinajstić information content (AvgIpc) is 2.90. The lowest BCUT2D eigenvalue weighted by molar-refractivity contribution is -0.118. The number of thioether (sulfide) groups is 1. The summed E-state index contributed by atoms with van der Waals surface area (Å²) < 4.78 is 6.26. The molecule has 25 heavy (non-hydrogen) atoms. The lowest BCUT2D eigenvalue weighted by Crippen LogP contribution is -2.32. The van der Waals surface area contributed by atoms with Gasteiger partial charge in [0, 0.05) is 13.1 Å². The SMILES string of the molecule is COc1ccc(CC2SC(=S)NC2=O)c2c1N(CCC(C)C)CCC2. The molecule has 0 spiro atoms. The van der Waals surface area contributed by atoms with E-state index in [1.807, 2.05) is 0 Å². The highest BCUT2D eigenvalue weighted by molar-refractivity contribution is 8.24. The molecule has 1 aromatic rings. The van der Waals surface area contributed by atoms with Crippen LogP contribution in [0.3, 0.4) is 0 Å². The number of fused-ring (bicyclic) bond motifs is 1. The number of carbonyl (C=O) groups excluding carboxylic acids is 1. The first-order valence-electron chi connectivity index (χ1n) is 8.94. The van der Waals surface area contributed by atoms with E-state index in [1.54, 1.807) is 7.11 Å². The fourth-order valence-corrected chi connectivity index (χ4v) is 4.86. The van der Waals surface area contributed by atoms with Gasteiger partial charge >= 0.3 is 0 Å². The monoisotopic (exact) mass is 378 g/mol. The fraction of sp³-hybridized carbons (Fsp3) is 0.579. The Morgan fingerprint density at radius 2 is 2.24 bits per heavy atom. The lowest BCUT2D eigenvalue weighted by atomic mass is 9.92. The average molecular weight is 379 g/mol. The molecule has 0 aliphatic carbocycles. The van der Waals surface area contributed by atoms with Crippen molar-refractivity contribution in [3.63, 3.8) is 0 Å². The third kappa shape index (κ3) is 4.11. The number of rotatable bonds is 6. The van der Waals surface area contributed by atoms with E-state index in [9.17, 15) is 4.79 Å². The lowest BCUT2D eigenvalue weighted by Gasteiger charge is -2.34. The summed E-state index contributed by atoms with van der Waals surface area (Å²) in [6, 6.07) is 4.18. The second-order valence-electron chi connectivity index (χ2n) is 7.11. The highest BCUT2D eigenvalue weighted by Gasteiger charge is 2.31. The molecule has 4 nitrogen and oxygen atoms in total. The van der Waals surface area contributed by atoms with E-state index >= 15 is 0 Å². The molecule has 0 radical (unpaired) electrons. The quantitative estimate of drug-likeness (QED) is 0.767. The van der Waals surface area contributed by atoms with E-state index in [2.05, 4.69) is 36.2 Å². The summed E-state index contributed by atoms with van der Waals surface area (Å²) in [5.41, 5.74) is 3.83. The van der Waals surface area contributed by atoms with Gasteiger partial charge in [0.2, 0.25) is 5.91 Å². The standard InChI is InChI=1S/C19H26N2O2S2/c1-12(2)8-10-21-9-4-5-14-13(6-7-15(23-3)17(14)21)11-16-18(22)20-19(24)25-16/h6-7,12,16H,4-5,8-11H2,1-3H3,(H,20,22,24). The zero-order chi connectivity index (χ0) is 18.0. The first kappa shape index (κ1) is 18.5. The predicted octanol–water partition coefficient (Wildman–Crippen LogP) is 3.55. The van der Waals surface area contributed by atoms with Crippen LogP contribution in [0.4, 0.5) is 5.69 Å². The van der Waals surface area contributed by atoms with Crippen molar-refractivity contribution in [2.24, 2.45) is 5.92 Å². The number of hydrogen-bond donors (Lipinski definition) is 1. The largest absolute Gasteiger partial charge is 0.495 e. The minimum Gasteiger partial charge on any atom is -0.495 e. The molecule has 6 heteroatoms. The maximum atomic E-state index is 12.1. The summed E-state index contributed by atoms with van der Waals surface area (Å²) in [6.07, 6.45) is 4.08. The summed E-state index contributed by atoms with van der Waals surface area (Å²) >= 11 is 6.60. The number of thiocarbonyl (C=S) groups is 1. The first-order chi connectivity index (χ1) is 12.0. The third-order valence-corrected chi connectivity index (χ3v) is 6.25. The van der Waals surface area contributed by atoms with Gasteiger partial charge in [0.1, 0.15) is 10.1 Å². The van der Waals surface area contributed by atoms with Gasteiger partial charge in [-0.2, -0.15) is 0 Å². The Bertz CT molecular complexity index is 676. The Labute approximate surface area is 159 Å². The topological polar surface area (TPSA) is 41.6 Å². The number of nitrogens with zero attached hydrogens (tertiary/aromatic N) is 1. The molecule has 0 saturated carbocycles. The molecular formula is C19H26N2O2S2. The number of nitrogens with one attached hydrogen (secondary N) is 1. The molecule has 0 bridgehead atoms. The van der Waals surface area contributed by atoms with E-state index in [1.165, 1.54) is 35.0 Å². The maximum absolute atomic E-state index is 12.1. The molecule has 1 aromatic carbocycles. The summed E-state index contributed by atoms with van der Waals surface area (Å²) in [5.74, 6) is 1.66. The van der Waals surface area contributed by atoms with Crippen molar-refractivity contribution in [2.45, 2.75) is 44.8 Å². The molecule has 1 amide bonds. The van der Waals surface area contributed by atoms with Crippen LogP contribution in [-0.4, -0.2) is 35.7 Å². The molecule has 3 rings (SSSR count). The van der Waals surface area contributed by atoms with Crippen molar-refractivity contribution in [3.05, 3.63) is 23.3 Å². The summed E-state index contributed by atoms with van der Waals surface area (Å²) in [4.78, 5) is 14.5. The second-order valence-corrected chi connectivity index (χ2v) is 8.99. The van der Waals surface area contributed by atoms with Gasteiger partial charge in [0.15, 0.2) is 0 Å². The van der Waals surface area contributed by atoms with Gasteiger partial charge in [-0.05, 0) is 48.8 Å². The highest BCUT2D eigenvalue weighted by atomic mass is 32.2. The van der Waals surface area contributed by atoms with Gasteiger partial charge in [0.25, 0.3) is 0 Å². The van der Waals surface area contributed by atoms with Crippen molar-refractivity contribution in [2.75, 3.05) is 25.1 Å². The van der Waals surface area contributed by atoms with Crippen LogP contribution in [0, 0.1) is 5.92 Å². The number of carbonyl (C=O) groups is 1. The van der Waals surface area contributed by atoms with Crippen molar-refractivity contribution in [3.8, 4) is 5.75 Å². The number of ether oxygens (including phenoxy) is 1. The van der Waals surface area contributed by atoms with Crippen molar-refractivity contribution < 1.29 is 9.53 Å². The molecule has 2 aliphatic rings. The summed E-state index contributed by atoms with van der Waals surface area (Å²) in [7, 11) is 1.74. The number of anilines is 1. The molecule has 1 saturated heterocycles. The van der Waals surface area contributed by atoms with Gasteiger partial charge in [-0.3, -0.25) is 4.79 Å². The van der Waals surface area contributed by atoms with Crippen LogP contribution >= 0.6 is 24.0 Å². The minimum atomic E-state index is -0.115. The zero-order valence-electron chi connectivity index (χ0n) is 15.1. The minimum absolute atomic E-state index is 0.0343. The van der Waals surface area contributed by atoms with Gasteiger partial charge in [-0.1, -0.05) is 43.9 Å². The van der Waals surface area contributed by atoms with E-state index in [-0.39, 0.29) is 11.2 Å². The smallest absolute Gasteiger partial charge is 0.239 e. The maximum Gasteiger partial charge on any atom is 0.239 e. The molecular weight excluding hydrogens is 352 g/mol. The van der Waals surface area contributed by atoms with Crippen LogP contribution in [0.15, 0.2) is 12.1 Å². The Hall–Kier alpha value is -1.27. The second kappa shape index (κ2) is 7.96. The molecule has 1 unspecified atom stereocenters. The number of methoxy groups -OCH3 is 1. The molecule has 2 heterocycles. The number of hydrogen-bond acceptors (Lipinski definition) is 5. The van der Waals surface area contributed by atoms with Crippen molar-refractivity contribution >= 4 is 39.9 Å². The number of benzene rings is 1. The van der Waals surface area contributed by atoms with Crippen LogP contribution in [0.2, 0.25) is 0 Å². The Balaban J connectivity index is 1.89. The molecule has 1 fully saturated rings. The van der Waals surface area contributed by atoms with Crippen LogP contribution in [0.25, 0.3) is 0 Å². The first-order valence-corrected chi connectivity index (χ1v) is 10.2. The van der Waals surface area contributed by atoms with Gasteiger partial charge < -0.3 is 15.0 Å². The molecule has 2 aliphatic heterocycles. The van der Waals surface area contributed by atoms with Crippen LogP contribution in [0.5, 0.6) is 5.75 Å². The Morgan fingerprint density at radius 1 is 1.44 bits per heavy atom. The third-order valence-electron chi connectivity index (χ3n) is 4.88. The van der Waals surface area contributed by atoms with E-state index < -0.39 is 0 Å². The summed E-state index contributed by atoms with van der Waals surface area (Å²) in [6.45, 7) is 6.64. The number of amides is 1. The van der Waals surface area contributed by atoms with Crippen LogP contribution < -0.4 is 15.0 Å². The molecule has 0 aromatic heterocycles. The van der Waals surface area contributed by atoms with Crippen molar-refractivity contribution in [1.82, 2.24) is 5.32 Å². The van der Waals surface area contributed by atoms with Gasteiger partial charge in [-0.25, -0.2) is 0 Å². The van der Waals surface area contributed by atoms with E-state index in [4.69, 9.17) is 17.0 Å². The normalized spacial score (nSPS) is 20.0. The highest BCUT2D eigenvalue weighted by Crippen LogP contribution is 2.40.